The SMILES string of the molecule is Fc1ccc(CNCc2ccc(Cl)nc2)cc1Cl. The highest BCUT2D eigenvalue weighted by Crippen LogP contribution is 2.15. The van der Waals surface area contributed by atoms with Crippen LogP contribution in [0.5, 0.6) is 0 Å². The molecule has 0 unspecified atom stereocenters. The van der Waals surface area contributed by atoms with E-state index in [-0.39, 0.29) is 5.02 Å². The van der Waals surface area contributed by atoms with Crippen molar-refractivity contribution in [3.8, 4) is 0 Å². The summed E-state index contributed by atoms with van der Waals surface area (Å²) in [4.78, 5) is 3.99. The van der Waals surface area contributed by atoms with Gasteiger partial charge in [-0.1, -0.05) is 35.3 Å². The fourth-order valence-electron chi connectivity index (χ4n) is 1.51. The molecule has 0 saturated heterocycles. The van der Waals surface area contributed by atoms with Gasteiger partial charge < -0.3 is 5.32 Å². The van der Waals surface area contributed by atoms with Gasteiger partial charge in [-0.2, -0.15) is 0 Å². The summed E-state index contributed by atoms with van der Waals surface area (Å²) in [6.07, 6.45) is 1.72. The van der Waals surface area contributed by atoms with Crippen LogP contribution in [-0.2, 0) is 13.1 Å². The molecule has 2 rings (SSSR count). The number of hydrogen-bond donors (Lipinski definition) is 1. The Morgan fingerprint density at radius 3 is 2.44 bits per heavy atom. The van der Waals surface area contributed by atoms with Crippen molar-refractivity contribution in [1.29, 1.82) is 0 Å². The molecule has 0 spiro atoms. The minimum Gasteiger partial charge on any atom is -0.309 e. The van der Waals surface area contributed by atoms with Crippen LogP contribution in [0.4, 0.5) is 4.39 Å². The van der Waals surface area contributed by atoms with Gasteiger partial charge in [-0.25, -0.2) is 9.37 Å². The summed E-state index contributed by atoms with van der Waals surface area (Å²) < 4.78 is 13.0. The van der Waals surface area contributed by atoms with E-state index >= 15 is 0 Å². The van der Waals surface area contributed by atoms with Crippen molar-refractivity contribution >= 4 is 23.2 Å². The van der Waals surface area contributed by atoms with Gasteiger partial charge in [0, 0.05) is 19.3 Å². The van der Waals surface area contributed by atoms with Crippen LogP contribution in [0.1, 0.15) is 11.1 Å². The molecule has 0 radical (unpaired) electrons. The highest BCUT2D eigenvalue weighted by molar-refractivity contribution is 6.30. The molecule has 5 heteroatoms. The molecule has 0 fully saturated rings. The number of rotatable bonds is 4. The second-order valence-electron chi connectivity index (χ2n) is 3.84. The highest BCUT2D eigenvalue weighted by Gasteiger charge is 2.01. The van der Waals surface area contributed by atoms with Gasteiger partial charge in [0.2, 0.25) is 0 Å². The standard InChI is InChI=1S/C13H11Cl2FN2/c14-11-5-9(1-3-12(11)16)6-17-7-10-2-4-13(15)18-8-10/h1-5,8,17H,6-7H2. The first-order valence-corrected chi connectivity index (χ1v) is 6.16. The van der Waals surface area contributed by atoms with Crippen LogP contribution in [-0.4, -0.2) is 4.98 Å². The molecule has 0 saturated carbocycles. The third-order valence-electron chi connectivity index (χ3n) is 2.43. The molecule has 0 aliphatic carbocycles. The van der Waals surface area contributed by atoms with Crippen molar-refractivity contribution in [2.24, 2.45) is 0 Å². The molecule has 94 valence electrons. The zero-order valence-corrected chi connectivity index (χ0v) is 11.0. The van der Waals surface area contributed by atoms with Crippen molar-refractivity contribution in [1.82, 2.24) is 10.3 Å². The molecular weight excluding hydrogens is 274 g/mol. The second kappa shape index (κ2) is 6.14. The van der Waals surface area contributed by atoms with E-state index in [0.29, 0.717) is 18.2 Å². The fourth-order valence-corrected chi connectivity index (χ4v) is 1.83. The van der Waals surface area contributed by atoms with E-state index in [4.69, 9.17) is 23.2 Å². The molecular formula is C13H11Cl2FN2. The molecule has 18 heavy (non-hydrogen) atoms. The predicted octanol–water partition coefficient (Wildman–Crippen LogP) is 3.82. The van der Waals surface area contributed by atoms with Crippen molar-refractivity contribution < 1.29 is 4.39 Å². The minimum absolute atomic E-state index is 0.141. The van der Waals surface area contributed by atoms with Crippen LogP contribution in [0, 0.1) is 5.82 Å². The van der Waals surface area contributed by atoms with Crippen LogP contribution >= 0.6 is 23.2 Å². The molecule has 1 aromatic carbocycles. The fraction of sp³-hybridized carbons (Fsp3) is 0.154. The predicted molar refractivity (Wildman–Crippen MR) is 71.2 cm³/mol. The minimum atomic E-state index is -0.401. The van der Waals surface area contributed by atoms with Crippen molar-refractivity contribution in [3.63, 3.8) is 0 Å². The Kier molecular flexibility index (Phi) is 4.53. The summed E-state index contributed by atoms with van der Waals surface area (Å²) >= 11 is 11.4. The largest absolute Gasteiger partial charge is 0.309 e. The molecule has 2 aromatic rings. The first-order chi connectivity index (χ1) is 8.65. The summed E-state index contributed by atoms with van der Waals surface area (Å²) in [5, 5.41) is 3.84. The van der Waals surface area contributed by atoms with Gasteiger partial charge in [-0.15, -0.1) is 0 Å². The Morgan fingerprint density at radius 2 is 1.78 bits per heavy atom. The monoisotopic (exact) mass is 284 g/mol. The number of nitrogens with one attached hydrogen (secondary N) is 1. The number of pyridine rings is 1. The van der Waals surface area contributed by atoms with Gasteiger partial charge in [0.05, 0.1) is 5.02 Å². The van der Waals surface area contributed by atoms with E-state index < -0.39 is 5.82 Å². The van der Waals surface area contributed by atoms with Crippen LogP contribution in [0.25, 0.3) is 0 Å². The molecule has 1 heterocycles. The number of halogens is 3. The molecule has 0 aliphatic rings. The van der Waals surface area contributed by atoms with Crippen molar-refractivity contribution in [2.45, 2.75) is 13.1 Å². The van der Waals surface area contributed by atoms with Crippen molar-refractivity contribution in [2.75, 3.05) is 0 Å². The lowest BCUT2D eigenvalue weighted by Gasteiger charge is -2.05. The van der Waals surface area contributed by atoms with Crippen LogP contribution in [0.2, 0.25) is 10.2 Å². The quantitative estimate of drug-likeness (QED) is 0.864. The Bertz CT molecular complexity index is 529. The smallest absolute Gasteiger partial charge is 0.141 e. The average Bonchev–Trinajstić information content (AvgIpc) is 2.36. The van der Waals surface area contributed by atoms with E-state index in [1.165, 1.54) is 6.07 Å². The van der Waals surface area contributed by atoms with Gasteiger partial charge in [-0.05, 0) is 29.3 Å². The Hall–Kier alpha value is -1.16. The maximum atomic E-state index is 13.0. The Labute approximate surface area is 115 Å². The number of benzene rings is 1. The topological polar surface area (TPSA) is 24.9 Å². The summed E-state index contributed by atoms with van der Waals surface area (Å²) in [5.41, 5.74) is 1.97. The lowest BCUT2D eigenvalue weighted by Crippen LogP contribution is -2.12. The molecule has 1 N–H and O–H groups in total. The van der Waals surface area contributed by atoms with E-state index in [2.05, 4.69) is 10.3 Å². The van der Waals surface area contributed by atoms with E-state index in [1.807, 2.05) is 6.07 Å². The summed E-state index contributed by atoms with van der Waals surface area (Å²) in [7, 11) is 0. The van der Waals surface area contributed by atoms with E-state index in [0.717, 1.165) is 11.1 Å². The van der Waals surface area contributed by atoms with Crippen LogP contribution in [0.3, 0.4) is 0 Å². The van der Waals surface area contributed by atoms with Crippen molar-refractivity contribution in [3.05, 3.63) is 63.6 Å². The third kappa shape index (κ3) is 3.67. The number of nitrogens with zero attached hydrogens (tertiary/aromatic N) is 1. The molecule has 0 aliphatic heterocycles. The van der Waals surface area contributed by atoms with Gasteiger partial charge in [0.1, 0.15) is 11.0 Å². The maximum absolute atomic E-state index is 13.0. The number of aromatic nitrogens is 1. The van der Waals surface area contributed by atoms with Gasteiger partial charge in [0.25, 0.3) is 0 Å². The number of hydrogen-bond acceptors (Lipinski definition) is 2. The lowest BCUT2D eigenvalue weighted by atomic mass is 10.2. The average molecular weight is 285 g/mol. The molecule has 0 amide bonds. The summed E-state index contributed by atoms with van der Waals surface area (Å²) in [6, 6.07) is 8.33. The maximum Gasteiger partial charge on any atom is 0.141 e. The zero-order valence-electron chi connectivity index (χ0n) is 9.46. The Balaban J connectivity index is 1.88. The summed E-state index contributed by atoms with van der Waals surface area (Å²) in [6.45, 7) is 1.28. The highest BCUT2D eigenvalue weighted by atomic mass is 35.5. The van der Waals surface area contributed by atoms with E-state index in [1.54, 1.807) is 24.4 Å². The summed E-state index contributed by atoms with van der Waals surface area (Å²) in [5.74, 6) is -0.401. The van der Waals surface area contributed by atoms with Crippen LogP contribution < -0.4 is 5.32 Å². The van der Waals surface area contributed by atoms with Crippen LogP contribution in [0.15, 0.2) is 36.5 Å². The normalized spacial score (nSPS) is 10.6. The molecule has 0 bridgehead atoms. The molecule has 1 aromatic heterocycles. The van der Waals surface area contributed by atoms with Gasteiger partial charge >= 0.3 is 0 Å². The third-order valence-corrected chi connectivity index (χ3v) is 2.94. The van der Waals surface area contributed by atoms with Gasteiger partial charge in [0.15, 0.2) is 0 Å². The zero-order chi connectivity index (χ0) is 13.0. The first kappa shape index (κ1) is 13.3. The molecule has 0 atom stereocenters. The lowest BCUT2D eigenvalue weighted by molar-refractivity contribution is 0.625. The van der Waals surface area contributed by atoms with E-state index in [9.17, 15) is 4.39 Å². The second-order valence-corrected chi connectivity index (χ2v) is 4.64. The Morgan fingerprint density at radius 1 is 1.06 bits per heavy atom. The van der Waals surface area contributed by atoms with Gasteiger partial charge in [-0.3, -0.25) is 0 Å². The molecule has 2 nitrogen and oxygen atoms in total. The first-order valence-electron chi connectivity index (χ1n) is 5.40.